The molecule has 2 atom stereocenters. The van der Waals surface area contributed by atoms with Crippen molar-refractivity contribution in [2.75, 3.05) is 6.61 Å². The van der Waals surface area contributed by atoms with Crippen LogP contribution in [0.2, 0.25) is 0 Å². The number of hydrogen-bond acceptors (Lipinski definition) is 3. The number of benzene rings is 2. The second-order valence-corrected chi connectivity index (χ2v) is 8.06. The number of para-hydroxylation sites is 1. The second-order valence-electron chi connectivity index (χ2n) is 5.82. The van der Waals surface area contributed by atoms with Gasteiger partial charge in [-0.05, 0) is 30.7 Å². The van der Waals surface area contributed by atoms with E-state index in [-0.39, 0.29) is 17.2 Å². The summed E-state index contributed by atoms with van der Waals surface area (Å²) in [6, 6.07) is 16.2. The molecule has 126 valence electrons. The summed E-state index contributed by atoms with van der Waals surface area (Å²) in [5.74, 6) is 1.79. The third kappa shape index (κ3) is 4.33. The van der Waals surface area contributed by atoms with Gasteiger partial charge in [0, 0.05) is 22.2 Å². The largest absolute Gasteiger partial charge is 0.493 e. The van der Waals surface area contributed by atoms with Gasteiger partial charge in [-0.15, -0.1) is 11.8 Å². The molecule has 1 N–H and O–H groups in total. The Bertz CT molecular complexity index is 705. The molecule has 3 nitrogen and oxygen atoms in total. The first kappa shape index (κ1) is 17.4. The fourth-order valence-corrected chi connectivity index (χ4v) is 3.78. The number of carbonyl (C=O) groups excluding carboxylic acids is 1. The molecule has 0 fully saturated rings. The van der Waals surface area contributed by atoms with Crippen LogP contribution in [-0.4, -0.2) is 17.8 Å². The second kappa shape index (κ2) is 8.08. The van der Waals surface area contributed by atoms with E-state index in [0.29, 0.717) is 6.61 Å². The molecule has 0 bridgehead atoms. The van der Waals surface area contributed by atoms with E-state index in [2.05, 4.69) is 33.4 Å². The SMILES string of the molecule is C[C@@H](SCc1ccc(Br)cc1)C(=O)N[C@H]1CCOc2ccccc21. The van der Waals surface area contributed by atoms with E-state index >= 15 is 0 Å². The molecular formula is C19H20BrNO2S. The minimum Gasteiger partial charge on any atom is -0.493 e. The van der Waals surface area contributed by atoms with Crippen LogP contribution in [0.3, 0.4) is 0 Å². The summed E-state index contributed by atoms with van der Waals surface area (Å²) < 4.78 is 6.72. The first-order chi connectivity index (χ1) is 11.6. The molecule has 0 unspecified atom stereocenters. The zero-order valence-corrected chi connectivity index (χ0v) is 15.9. The Kier molecular flexibility index (Phi) is 5.85. The molecule has 0 saturated heterocycles. The number of fused-ring (bicyclic) bond motifs is 1. The predicted molar refractivity (Wildman–Crippen MR) is 102 cm³/mol. The number of amides is 1. The molecule has 1 aliphatic rings. The van der Waals surface area contributed by atoms with Gasteiger partial charge in [0.05, 0.1) is 17.9 Å². The number of thioether (sulfide) groups is 1. The van der Waals surface area contributed by atoms with Crippen LogP contribution in [0, 0.1) is 0 Å². The lowest BCUT2D eigenvalue weighted by molar-refractivity contribution is -0.121. The van der Waals surface area contributed by atoms with E-state index in [4.69, 9.17) is 4.74 Å². The lowest BCUT2D eigenvalue weighted by Crippen LogP contribution is -2.36. The van der Waals surface area contributed by atoms with E-state index in [1.807, 2.05) is 43.3 Å². The summed E-state index contributed by atoms with van der Waals surface area (Å²) in [6.45, 7) is 2.60. The third-order valence-corrected chi connectivity index (χ3v) is 5.80. The van der Waals surface area contributed by atoms with Crippen LogP contribution in [0.5, 0.6) is 5.75 Å². The predicted octanol–water partition coefficient (Wildman–Crippen LogP) is 4.71. The van der Waals surface area contributed by atoms with Gasteiger partial charge in [0.2, 0.25) is 5.91 Å². The summed E-state index contributed by atoms with van der Waals surface area (Å²) in [6.07, 6.45) is 0.812. The molecule has 2 aromatic carbocycles. The minimum absolute atomic E-state index is 0.0400. The van der Waals surface area contributed by atoms with Crippen molar-refractivity contribution in [3.63, 3.8) is 0 Å². The van der Waals surface area contributed by atoms with E-state index in [0.717, 1.165) is 28.0 Å². The van der Waals surface area contributed by atoms with E-state index in [9.17, 15) is 4.79 Å². The Morgan fingerprint density at radius 1 is 1.29 bits per heavy atom. The molecule has 24 heavy (non-hydrogen) atoms. The molecule has 1 aliphatic heterocycles. The van der Waals surface area contributed by atoms with Gasteiger partial charge >= 0.3 is 0 Å². The van der Waals surface area contributed by atoms with Gasteiger partial charge < -0.3 is 10.1 Å². The van der Waals surface area contributed by atoms with Crippen molar-refractivity contribution < 1.29 is 9.53 Å². The lowest BCUT2D eigenvalue weighted by atomic mass is 10.0. The van der Waals surface area contributed by atoms with Gasteiger partial charge in [0.1, 0.15) is 5.75 Å². The first-order valence-electron chi connectivity index (χ1n) is 8.01. The topological polar surface area (TPSA) is 38.3 Å². The average Bonchev–Trinajstić information content (AvgIpc) is 2.61. The highest BCUT2D eigenvalue weighted by molar-refractivity contribution is 9.10. The Balaban J connectivity index is 1.56. The third-order valence-electron chi connectivity index (χ3n) is 4.06. The van der Waals surface area contributed by atoms with Crippen molar-refractivity contribution in [3.05, 3.63) is 64.1 Å². The molecule has 1 heterocycles. The highest BCUT2D eigenvalue weighted by atomic mass is 79.9. The van der Waals surface area contributed by atoms with Crippen LogP contribution in [0.1, 0.15) is 30.5 Å². The molecule has 0 radical (unpaired) electrons. The Labute approximate surface area is 155 Å². The van der Waals surface area contributed by atoms with E-state index in [1.165, 1.54) is 5.56 Å². The molecular weight excluding hydrogens is 386 g/mol. The van der Waals surface area contributed by atoms with Crippen molar-refractivity contribution in [2.45, 2.75) is 30.4 Å². The molecule has 0 aliphatic carbocycles. The maximum atomic E-state index is 12.5. The van der Waals surface area contributed by atoms with Crippen molar-refractivity contribution in [1.29, 1.82) is 0 Å². The smallest absolute Gasteiger partial charge is 0.233 e. The fraction of sp³-hybridized carbons (Fsp3) is 0.316. The summed E-state index contributed by atoms with van der Waals surface area (Å²) in [4.78, 5) is 12.5. The standard InChI is InChI=1S/C19H20BrNO2S/c1-13(24-12-14-6-8-15(20)9-7-14)19(22)21-17-10-11-23-18-5-3-2-4-16(17)18/h2-9,13,17H,10-12H2,1H3,(H,21,22)/t13-,17+/m1/s1. The Morgan fingerprint density at radius 2 is 2.04 bits per heavy atom. The first-order valence-corrected chi connectivity index (χ1v) is 9.86. The maximum absolute atomic E-state index is 12.5. The molecule has 0 aromatic heterocycles. The number of hydrogen-bond donors (Lipinski definition) is 1. The molecule has 1 amide bonds. The fourth-order valence-electron chi connectivity index (χ4n) is 2.66. The summed E-state index contributed by atoms with van der Waals surface area (Å²) >= 11 is 5.09. The number of carbonyl (C=O) groups is 1. The highest BCUT2D eigenvalue weighted by Gasteiger charge is 2.24. The van der Waals surface area contributed by atoms with Crippen LogP contribution < -0.4 is 10.1 Å². The summed E-state index contributed by atoms with van der Waals surface area (Å²) in [5, 5.41) is 3.08. The number of nitrogens with one attached hydrogen (secondary N) is 1. The van der Waals surface area contributed by atoms with Crippen molar-refractivity contribution in [3.8, 4) is 5.75 Å². The highest BCUT2D eigenvalue weighted by Crippen LogP contribution is 2.32. The van der Waals surface area contributed by atoms with Crippen molar-refractivity contribution in [1.82, 2.24) is 5.32 Å². The van der Waals surface area contributed by atoms with Crippen LogP contribution in [0.25, 0.3) is 0 Å². The zero-order valence-electron chi connectivity index (χ0n) is 13.5. The number of rotatable bonds is 5. The van der Waals surface area contributed by atoms with E-state index in [1.54, 1.807) is 11.8 Å². The maximum Gasteiger partial charge on any atom is 0.233 e. The number of ether oxygens (including phenoxy) is 1. The van der Waals surface area contributed by atoms with Crippen molar-refractivity contribution >= 4 is 33.6 Å². The molecule has 0 spiro atoms. The van der Waals surface area contributed by atoms with Gasteiger partial charge in [0.15, 0.2) is 0 Å². The molecule has 0 saturated carbocycles. The summed E-state index contributed by atoms with van der Waals surface area (Å²) in [7, 11) is 0. The van der Waals surface area contributed by atoms with Crippen LogP contribution in [0.15, 0.2) is 53.0 Å². The molecule has 3 rings (SSSR count). The van der Waals surface area contributed by atoms with Crippen molar-refractivity contribution in [2.24, 2.45) is 0 Å². The summed E-state index contributed by atoms with van der Waals surface area (Å²) in [5.41, 5.74) is 2.29. The van der Waals surface area contributed by atoms with Crippen LogP contribution in [0.4, 0.5) is 0 Å². The van der Waals surface area contributed by atoms with Crippen LogP contribution >= 0.6 is 27.7 Å². The number of halogens is 1. The van der Waals surface area contributed by atoms with Gasteiger partial charge in [-0.1, -0.05) is 46.3 Å². The Hall–Kier alpha value is -1.46. The monoisotopic (exact) mass is 405 g/mol. The van der Waals surface area contributed by atoms with Crippen LogP contribution in [-0.2, 0) is 10.5 Å². The van der Waals surface area contributed by atoms with Gasteiger partial charge in [-0.3, -0.25) is 4.79 Å². The van der Waals surface area contributed by atoms with Gasteiger partial charge in [-0.25, -0.2) is 0 Å². The Morgan fingerprint density at radius 3 is 2.83 bits per heavy atom. The van der Waals surface area contributed by atoms with E-state index < -0.39 is 0 Å². The van der Waals surface area contributed by atoms with Gasteiger partial charge in [0.25, 0.3) is 0 Å². The quantitative estimate of drug-likeness (QED) is 0.782. The minimum atomic E-state index is -0.0938. The lowest BCUT2D eigenvalue weighted by Gasteiger charge is -2.27. The average molecular weight is 406 g/mol. The zero-order chi connectivity index (χ0) is 16.9. The molecule has 5 heteroatoms. The normalized spacial score (nSPS) is 17.5. The van der Waals surface area contributed by atoms with Gasteiger partial charge in [-0.2, -0.15) is 0 Å². The molecule has 2 aromatic rings.